The van der Waals surface area contributed by atoms with E-state index in [2.05, 4.69) is 10.4 Å². The highest BCUT2D eigenvalue weighted by Gasteiger charge is 2.09. The largest absolute Gasteiger partial charge is 0.251 e. The summed E-state index contributed by atoms with van der Waals surface area (Å²) in [5, 5.41) is 2.24. The van der Waals surface area contributed by atoms with E-state index in [0.717, 1.165) is 30.8 Å². The first kappa shape index (κ1) is 11.6. The number of benzene rings is 1. The molecule has 1 aliphatic heterocycles. The zero-order valence-electron chi connectivity index (χ0n) is 9.80. The van der Waals surface area contributed by atoms with Crippen LogP contribution in [0.4, 0.5) is 4.39 Å². The summed E-state index contributed by atoms with van der Waals surface area (Å²) in [6.45, 7) is 4.96. The summed E-state index contributed by atoms with van der Waals surface area (Å²) in [6.07, 6.45) is 3.85. The van der Waals surface area contributed by atoms with Crippen LogP contribution in [0, 0.1) is 12.7 Å². The molecule has 0 atom stereocenters. The van der Waals surface area contributed by atoms with Gasteiger partial charge in [-0.2, -0.15) is 0 Å². The molecule has 0 aliphatic carbocycles. The van der Waals surface area contributed by atoms with Crippen molar-refractivity contribution in [2.75, 3.05) is 13.1 Å². The molecule has 2 nitrogen and oxygen atoms in total. The van der Waals surface area contributed by atoms with Crippen molar-refractivity contribution in [3.8, 4) is 0 Å². The van der Waals surface area contributed by atoms with E-state index in [-0.39, 0.29) is 5.82 Å². The third-order valence-corrected chi connectivity index (χ3v) is 3.16. The van der Waals surface area contributed by atoms with Gasteiger partial charge in [-0.1, -0.05) is 12.5 Å². The SMILES string of the molecule is Cc1ccc(F)cc1CNN1CCCCC1. The summed E-state index contributed by atoms with van der Waals surface area (Å²) in [7, 11) is 0. The summed E-state index contributed by atoms with van der Waals surface area (Å²) >= 11 is 0. The van der Waals surface area contributed by atoms with Gasteiger partial charge in [0.2, 0.25) is 0 Å². The van der Waals surface area contributed by atoms with Crippen LogP contribution < -0.4 is 5.43 Å². The molecule has 1 N–H and O–H groups in total. The molecule has 1 aromatic carbocycles. The minimum atomic E-state index is -0.152. The summed E-state index contributed by atoms with van der Waals surface area (Å²) in [6, 6.07) is 4.97. The fourth-order valence-corrected chi connectivity index (χ4v) is 2.08. The first-order chi connectivity index (χ1) is 7.75. The molecule has 2 rings (SSSR count). The van der Waals surface area contributed by atoms with Crippen molar-refractivity contribution in [1.29, 1.82) is 0 Å². The molecule has 88 valence electrons. The third kappa shape index (κ3) is 3.03. The average Bonchev–Trinajstić information content (AvgIpc) is 2.32. The van der Waals surface area contributed by atoms with Crippen molar-refractivity contribution in [3.05, 3.63) is 35.1 Å². The lowest BCUT2D eigenvalue weighted by Gasteiger charge is -2.27. The number of piperidine rings is 1. The molecule has 0 radical (unpaired) electrons. The Labute approximate surface area is 96.4 Å². The molecular weight excluding hydrogens is 203 g/mol. The van der Waals surface area contributed by atoms with Gasteiger partial charge in [-0.3, -0.25) is 5.43 Å². The number of halogens is 1. The lowest BCUT2D eigenvalue weighted by molar-refractivity contribution is 0.151. The summed E-state index contributed by atoms with van der Waals surface area (Å²) in [4.78, 5) is 0. The molecule has 1 heterocycles. The van der Waals surface area contributed by atoms with Crippen LogP contribution in [-0.2, 0) is 6.54 Å². The van der Waals surface area contributed by atoms with Crippen LogP contribution in [0.1, 0.15) is 30.4 Å². The molecule has 1 saturated heterocycles. The first-order valence-corrected chi connectivity index (χ1v) is 5.99. The Hall–Kier alpha value is -0.930. The minimum absolute atomic E-state index is 0.152. The average molecular weight is 222 g/mol. The predicted octanol–water partition coefficient (Wildman–Crippen LogP) is 2.62. The van der Waals surface area contributed by atoms with E-state index < -0.39 is 0 Å². The van der Waals surface area contributed by atoms with Crippen LogP contribution in [0.2, 0.25) is 0 Å². The second-order valence-electron chi connectivity index (χ2n) is 4.45. The van der Waals surface area contributed by atoms with Gasteiger partial charge < -0.3 is 0 Å². The van der Waals surface area contributed by atoms with Crippen LogP contribution in [0.15, 0.2) is 18.2 Å². The zero-order chi connectivity index (χ0) is 11.4. The number of rotatable bonds is 3. The van der Waals surface area contributed by atoms with Gasteiger partial charge >= 0.3 is 0 Å². The van der Waals surface area contributed by atoms with E-state index in [1.807, 2.05) is 13.0 Å². The van der Waals surface area contributed by atoms with Gasteiger partial charge in [0, 0.05) is 19.6 Å². The Kier molecular flexibility index (Phi) is 3.91. The van der Waals surface area contributed by atoms with Gasteiger partial charge in [-0.15, -0.1) is 0 Å². The van der Waals surface area contributed by atoms with Gasteiger partial charge in [0.05, 0.1) is 0 Å². The molecule has 0 unspecified atom stereocenters. The Balaban J connectivity index is 1.90. The summed E-state index contributed by atoms with van der Waals surface area (Å²) in [5.41, 5.74) is 5.56. The fourth-order valence-electron chi connectivity index (χ4n) is 2.08. The normalized spacial score (nSPS) is 17.6. The van der Waals surface area contributed by atoms with Crippen LogP contribution >= 0.6 is 0 Å². The Morgan fingerprint density at radius 3 is 2.75 bits per heavy atom. The van der Waals surface area contributed by atoms with Crippen molar-refractivity contribution in [2.45, 2.75) is 32.7 Å². The highest BCUT2D eigenvalue weighted by Crippen LogP contribution is 2.11. The van der Waals surface area contributed by atoms with Crippen LogP contribution in [0.3, 0.4) is 0 Å². The van der Waals surface area contributed by atoms with Crippen molar-refractivity contribution in [2.24, 2.45) is 0 Å². The van der Waals surface area contributed by atoms with Crippen molar-refractivity contribution >= 4 is 0 Å². The maximum absolute atomic E-state index is 13.1. The quantitative estimate of drug-likeness (QED) is 0.845. The van der Waals surface area contributed by atoms with E-state index in [1.54, 1.807) is 6.07 Å². The molecule has 0 spiro atoms. The summed E-state index contributed by atoms with van der Waals surface area (Å²) < 4.78 is 13.1. The van der Waals surface area contributed by atoms with E-state index in [1.165, 1.54) is 25.3 Å². The summed E-state index contributed by atoms with van der Waals surface area (Å²) in [5.74, 6) is -0.152. The number of hydrogen-bond acceptors (Lipinski definition) is 2. The van der Waals surface area contributed by atoms with Crippen molar-refractivity contribution in [1.82, 2.24) is 10.4 Å². The van der Waals surface area contributed by atoms with E-state index >= 15 is 0 Å². The minimum Gasteiger partial charge on any atom is -0.251 e. The van der Waals surface area contributed by atoms with Gasteiger partial charge in [0.25, 0.3) is 0 Å². The monoisotopic (exact) mass is 222 g/mol. The lowest BCUT2D eigenvalue weighted by atomic mass is 10.1. The Morgan fingerprint density at radius 1 is 1.25 bits per heavy atom. The first-order valence-electron chi connectivity index (χ1n) is 5.99. The van der Waals surface area contributed by atoms with Crippen molar-refractivity contribution < 1.29 is 4.39 Å². The molecule has 1 fully saturated rings. The number of nitrogens with zero attached hydrogens (tertiary/aromatic N) is 1. The number of aryl methyl sites for hydroxylation is 1. The number of hydrazine groups is 1. The molecule has 0 aromatic heterocycles. The van der Waals surface area contributed by atoms with E-state index in [0.29, 0.717) is 0 Å². The molecule has 3 heteroatoms. The number of hydrogen-bond donors (Lipinski definition) is 1. The zero-order valence-corrected chi connectivity index (χ0v) is 9.80. The molecule has 1 aromatic rings. The van der Waals surface area contributed by atoms with Gasteiger partial charge in [0.15, 0.2) is 0 Å². The fraction of sp³-hybridized carbons (Fsp3) is 0.538. The smallest absolute Gasteiger partial charge is 0.123 e. The van der Waals surface area contributed by atoms with Crippen LogP contribution in [0.5, 0.6) is 0 Å². The van der Waals surface area contributed by atoms with E-state index in [4.69, 9.17) is 0 Å². The van der Waals surface area contributed by atoms with Crippen LogP contribution in [-0.4, -0.2) is 18.1 Å². The highest BCUT2D eigenvalue weighted by molar-refractivity contribution is 5.26. The molecule has 0 amide bonds. The lowest BCUT2D eigenvalue weighted by Crippen LogP contribution is -2.41. The maximum Gasteiger partial charge on any atom is 0.123 e. The standard InChI is InChI=1S/C13H19FN2/c1-11-5-6-13(14)9-12(11)10-15-16-7-3-2-4-8-16/h5-6,9,15H,2-4,7-8,10H2,1H3. The van der Waals surface area contributed by atoms with Gasteiger partial charge in [-0.05, 0) is 43.0 Å². The van der Waals surface area contributed by atoms with Gasteiger partial charge in [-0.25, -0.2) is 9.40 Å². The maximum atomic E-state index is 13.1. The van der Waals surface area contributed by atoms with Crippen molar-refractivity contribution in [3.63, 3.8) is 0 Å². The number of nitrogens with one attached hydrogen (secondary N) is 1. The molecule has 0 bridgehead atoms. The highest BCUT2D eigenvalue weighted by atomic mass is 19.1. The Morgan fingerprint density at radius 2 is 2.00 bits per heavy atom. The molecule has 0 saturated carbocycles. The Bertz CT molecular complexity index is 346. The second-order valence-corrected chi connectivity index (χ2v) is 4.45. The van der Waals surface area contributed by atoms with E-state index in [9.17, 15) is 4.39 Å². The van der Waals surface area contributed by atoms with Crippen LogP contribution in [0.25, 0.3) is 0 Å². The molecule has 16 heavy (non-hydrogen) atoms. The molecule has 1 aliphatic rings. The predicted molar refractivity (Wildman–Crippen MR) is 63.4 cm³/mol. The molecular formula is C13H19FN2. The second kappa shape index (κ2) is 5.41. The van der Waals surface area contributed by atoms with Gasteiger partial charge in [0.1, 0.15) is 5.82 Å². The topological polar surface area (TPSA) is 15.3 Å². The third-order valence-electron chi connectivity index (χ3n) is 3.16.